The fourth-order valence-electron chi connectivity index (χ4n) is 7.38. The van der Waals surface area contributed by atoms with Crippen LogP contribution in [-0.4, -0.2) is 132 Å². The van der Waals surface area contributed by atoms with E-state index in [0.717, 1.165) is 12.1 Å². The van der Waals surface area contributed by atoms with Gasteiger partial charge in [0, 0.05) is 38.5 Å². The van der Waals surface area contributed by atoms with Gasteiger partial charge in [0.05, 0.1) is 94.7 Å². The Bertz CT molecular complexity index is 1660. The quantitative estimate of drug-likeness (QED) is 0.195. The SMILES string of the molecule is CCCC[N+]1(C)CCCC1.CCCC[N+]1(C)CCCC1.CCCC[N+]1(C)CCCC1.O=S(=O)([O-])c1ccc2c(S(=O)(=O)[O-])cc(S(=O)(=O)[O-])cc2c1. The molecule has 12 nitrogen and oxygen atoms in total. The highest BCUT2D eigenvalue weighted by Crippen LogP contribution is 2.29. The van der Waals surface area contributed by atoms with Gasteiger partial charge in [-0.3, -0.25) is 0 Å². The number of likely N-dealkylation sites (tertiary alicyclic amines) is 3. The third-order valence-electron chi connectivity index (χ3n) is 10.8. The number of unbranched alkanes of at least 4 members (excludes halogenated alkanes) is 3. The molecular weight excluding hydrogens is 727 g/mol. The zero-order valence-electron chi connectivity index (χ0n) is 32.5. The first kappa shape index (κ1) is 46.5. The van der Waals surface area contributed by atoms with Crippen LogP contribution in [0.2, 0.25) is 0 Å². The fourth-order valence-corrected chi connectivity index (χ4v) is 9.22. The van der Waals surface area contributed by atoms with E-state index in [1.807, 2.05) is 0 Å². The van der Waals surface area contributed by atoms with Crippen LogP contribution in [0, 0.1) is 0 Å². The minimum Gasteiger partial charge on any atom is -0.744 e. The molecule has 3 aliphatic rings. The number of quaternary nitrogens is 3. The Morgan fingerprint density at radius 2 is 0.827 bits per heavy atom. The molecule has 3 fully saturated rings. The van der Waals surface area contributed by atoms with Gasteiger partial charge in [-0.25, -0.2) is 25.3 Å². The van der Waals surface area contributed by atoms with Crippen molar-refractivity contribution in [2.24, 2.45) is 0 Å². The molecule has 0 unspecified atom stereocenters. The Morgan fingerprint density at radius 3 is 1.12 bits per heavy atom. The number of rotatable bonds is 12. The Kier molecular flexibility index (Phi) is 18.1. The number of fused-ring (bicyclic) bond motifs is 1. The van der Waals surface area contributed by atoms with Gasteiger partial charge >= 0.3 is 0 Å². The number of hydrogen-bond acceptors (Lipinski definition) is 9. The van der Waals surface area contributed by atoms with Crippen molar-refractivity contribution in [3.63, 3.8) is 0 Å². The Balaban J connectivity index is 0.000000262. The van der Waals surface area contributed by atoms with E-state index in [4.69, 9.17) is 0 Å². The van der Waals surface area contributed by atoms with Crippen molar-refractivity contribution in [1.82, 2.24) is 0 Å². The fraction of sp³-hybridized carbons (Fsp3) is 0.730. The third kappa shape index (κ3) is 15.6. The molecule has 5 rings (SSSR count). The average molecular weight is 792 g/mol. The third-order valence-corrected chi connectivity index (χ3v) is 13.3. The maximum Gasteiger partial charge on any atom is 0.125 e. The number of hydrogen-bond donors (Lipinski definition) is 0. The lowest BCUT2D eigenvalue weighted by Gasteiger charge is -2.28. The van der Waals surface area contributed by atoms with E-state index in [9.17, 15) is 38.9 Å². The van der Waals surface area contributed by atoms with Crippen molar-refractivity contribution in [2.45, 2.75) is 113 Å². The van der Waals surface area contributed by atoms with Crippen LogP contribution >= 0.6 is 0 Å². The van der Waals surface area contributed by atoms with E-state index >= 15 is 0 Å². The second-order valence-electron chi connectivity index (χ2n) is 15.7. The molecule has 0 spiro atoms. The molecule has 0 N–H and O–H groups in total. The molecular formula is C37H65N3O9S3. The summed E-state index contributed by atoms with van der Waals surface area (Å²) in [6, 6.07) is 3.39. The molecule has 3 aliphatic heterocycles. The van der Waals surface area contributed by atoms with E-state index in [1.165, 1.54) is 149 Å². The van der Waals surface area contributed by atoms with Crippen LogP contribution in [0.15, 0.2) is 45.0 Å². The van der Waals surface area contributed by atoms with Crippen molar-refractivity contribution < 1.29 is 52.4 Å². The molecule has 52 heavy (non-hydrogen) atoms. The van der Waals surface area contributed by atoms with E-state index in [1.54, 1.807) is 0 Å². The Morgan fingerprint density at radius 1 is 0.500 bits per heavy atom. The predicted molar refractivity (Wildman–Crippen MR) is 203 cm³/mol. The number of nitrogens with zero attached hydrogens (tertiary/aromatic N) is 3. The average Bonchev–Trinajstić information content (AvgIpc) is 3.83. The first-order chi connectivity index (χ1) is 24.1. The minimum atomic E-state index is -5.14. The highest BCUT2D eigenvalue weighted by Gasteiger charge is 2.27. The standard InChI is InChI=1S/C10H8O9S3.3C9H20N/c11-20(12,13)7-1-2-9-6(3-7)4-8(21(14,15)16)5-10(9)22(17,18)19;3*1-3-4-7-10(2)8-5-6-9-10/h1-5H,(H,11,12,13)(H,14,15,16)(H,17,18,19);3*3-9H2,1-2H3/q;3*+1/p-3. The van der Waals surface area contributed by atoms with E-state index in [2.05, 4.69) is 41.9 Å². The Hall–Kier alpha value is -1.69. The molecule has 0 aliphatic carbocycles. The molecule has 0 saturated carbocycles. The van der Waals surface area contributed by atoms with Gasteiger partial charge in [-0.05, 0) is 54.3 Å². The summed E-state index contributed by atoms with van der Waals surface area (Å²) in [7, 11) is -7.93. The van der Waals surface area contributed by atoms with Gasteiger partial charge in [0.15, 0.2) is 0 Å². The maximum atomic E-state index is 11.2. The summed E-state index contributed by atoms with van der Waals surface area (Å²) in [5.74, 6) is 0. The molecule has 0 atom stereocenters. The zero-order chi connectivity index (χ0) is 39.3. The molecule has 0 amide bonds. The maximum absolute atomic E-state index is 11.2. The molecule has 2 aromatic carbocycles. The lowest BCUT2D eigenvalue weighted by Crippen LogP contribution is -2.41. The van der Waals surface area contributed by atoms with Crippen LogP contribution in [0.25, 0.3) is 10.8 Å². The topological polar surface area (TPSA) is 172 Å². The summed E-state index contributed by atoms with van der Waals surface area (Å²) in [6.45, 7) is 19.7. The summed E-state index contributed by atoms with van der Waals surface area (Å²) in [4.78, 5) is -2.81. The molecule has 300 valence electrons. The van der Waals surface area contributed by atoms with Crippen LogP contribution in [0.4, 0.5) is 0 Å². The lowest BCUT2D eigenvalue weighted by molar-refractivity contribution is -0.897. The van der Waals surface area contributed by atoms with Crippen molar-refractivity contribution in [3.8, 4) is 0 Å². The highest BCUT2D eigenvalue weighted by molar-refractivity contribution is 7.86. The highest BCUT2D eigenvalue weighted by atomic mass is 32.2. The smallest absolute Gasteiger partial charge is 0.125 e. The molecule has 15 heteroatoms. The van der Waals surface area contributed by atoms with Crippen LogP contribution < -0.4 is 0 Å². The van der Waals surface area contributed by atoms with E-state index < -0.39 is 45.0 Å². The zero-order valence-corrected chi connectivity index (χ0v) is 34.9. The minimum absolute atomic E-state index is 0.310. The molecule has 0 radical (unpaired) electrons. The van der Waals surface area contributed by atoms with Crippen LogP contribution in [-0.2, 0) is 30.4 Å². The second kappa shape index (κ2) is 20.3. The first-order valence-electron chi connectivity index (χ1n) is 19.1. The normalized spacial score (nSPS) is 19.2. The molecule has 3 heterocycles. The van der Waals surface area contributed by atoms with Crippen molar-refractivity contribution >= 4 is 41.1 Å². The monoisotopic (exact) mass is 791 g/mol. The second-order valence-corrected chi connectivity index (χ2v) is 19.8. The van der Waals surface area contributed by atoms with Gasteiger partial charge in [0.1, 0.15) is 30.4 Å². The van der Waals surface area contributed by atoms with Crippen molar-refractivity contribution in [3.05, 3.63) is 30.3 Å². The first-order valence-corrected chi connectivity index (χ1v) is 23.3. The van der Waals surface area contributed by atoms with Crippen LogP contribution in [0.3, 0.4) is 0 Å². The van der Waals surface area contributed by atoms with Gasteiger partial charge in [0.2, 0.25) is 0 Å². The molecule has 0 aromatic heterocycles. The van der Waals surface area contributed by atoms with Crippen LogP contribution in [0.5, 0.6) is 0 Å². The van der Waals surface area contributed by atoms with Gasteiger partial charge in [-0.1, -0.05) is 46.1 Å². The Labute approximate surface area is 315 Å². The summed E-state index contributed by atoms with van der Waals surface area (Å²) >= 11 is 0. The summed E-state index contributed by atoms with van der Waals surface area (Å²) in [5, 5.41) is -0.668. The van der Waals surface area contributed by atoms with Crippen molar-refractivity contribution in [1.29, 1.82) is 0 Å². The van der Waals surface area contributed by atoms with E-state index in [-0.39, 0.29) is 10.8 Å². The number of benzene rings is 2. The van der Waals surface area contributed by atoms with Gasteiger partial charge in [0.25, 0.3) is 0 Å². The van der Waals surface area contributed by atoms with Crippen LogP contribution in [0.1, 0.15) is 97.8 Å². The summed E-state index contributed by atoms with van der Waals surface area (Å²) < 4.78 is 103. The molecule has 0 bridgehead atoms. The lowest BCUT2D eigenvalue weighted by atomic mass is 10.1. The molecule has 3 saturated heterocycles. The summed E-state index contributed by atoms with van der Waals surface area (Å²) in [5.41, 5.74) is 0. The van der Waals surface area contributed by atoms with Gasteiger partial charge < -0.3 is 27.1 Å². The van der Waals surface area contributed by atoms with E-state index in [0.29, 0.717) is 18.2 Å². The predicted octanol–water partition coefficient (Wildman–Crippen LogP) is 5.63. The van der Waals surface area contributed by atoms with Crippen molar-refractivity contribution in [2.75, 3.05) is 80.0 Å². The summed E-state index contributed by atoms with van der Waals surface area (Å²) in [6.07, 6.45) is 17.1. The van der Waals surface area contributed by atoms with Gasteiger partial charge in [-0.15, -0.1) is 0 Å². The molecule has 2 aromatic rings. The van der Waals surface area contributed by atoms with Gasteiger partial charge in [-0.2, -0.15) is 0 Å². The largest absolute Gasteiger partial charge is 0.744 e.